The minimum absolute atomic E-state index is 0.0502. The Morgan fingerprint density at radius 1 is 1.10 bits per heavy atom. The van der Waals surface area contributed by atoms with Gasteiger partial charge in [-0.25, -0.2) is 8.42 Å². The first-order chi connectivity index (χ1) is 13.4. The third-order valence-corrected chi connectivity index (χ3v) is 11.2. The molecule has 3 saturated carbocycles. The maximum atomic E-state index is 13.8. The van der Waals surface area contributed by atoms with E-state index < -0.39 is 20.7 Å². The summed E-state index contributed by atoms with van der Waals surface area (Å²) in [7, 11) is -0.313. The fraction of sp³-hybridized carbons (Fsp3) is 0.955. The van der Waals surface area contributed by atoms with E-state index in [1.807, 2.05) is 6.92 Å². The summed E-state index contributed by atoms with van der Waals surface area (Å²) < 4.78 is 41.8. The summed E-state index contributed by atoms with van der Waals surface area (Å²) in [4.78, 5) is 13.8. The van der Waals surface area contributed by atoms with E-state index in [0.717, 1.165) is 25.7 Å². The van der Waals surface area contributed by atoms with Crippen molar-refractivity contribution >= 4 is 15.6 Å². The third-order valence-electron chi connectivity index (χ3n) is 9.21. The van der Waals surface area contributed by atoms with Gasteiger partial charge in [0, 0.05) is 38.2 Å². The number of rotatable bonds is 5. The second kappa shape index (κ2) is 7.57. The lowest BCUT2D eigenvalue weighted by Crippen LogP contribution is -2.65. The van der Waals surface area contributed by atoms with Gasteiger partial charge < -0.3 is 14.2 Å². The zero-order valence-corrected chi connectivity index (χ0v) is 19.8. The molecule has 0 amide bonds. The minimum atomic E-state index is -3.63. The Hall–Kier alpha value is -0.500. The molecule has 3 aliphatic rings. The van der Waals surface area contributed by atoms with Crippen molar-refractivity contribution in [1.29, 1.82) is 0 Å². The number of carbonyl (C=O) groups excluding carboxylic acids is 1. The maximum absolute atomic E-state index is 13.8. The molecule has 0 aliphatic heterocycles. The summed E-state index contributed by atoms with van der Waals surface area (Å²) in [5.74, 6) is -0.0249. The van der Waals surface area contributed by atoms with Gasteiger partial charge in [-0.1, -0.05) is 20.8 Å². The SMILES string of the molecule is COCOC1C[C@@](C)(S(C)(=O)=O)C(=O)[C@H](C)C23CC[C@@H](C)[C@]1(C)C2[C@H](OC)CC3. The molecule has 3 unspecified atom stereocenters. The topological polar surface area (TPSA) is 78.9 Å². The normalized spacial score (nSPS) is 48.1. The third kappa shape index (κ3) is 3.14. The molecule has 0 aromatic heterocycles. The second-order valence-corrected chi connectivity index (χ2v) is 12.6. The minimum Gasteiger partial charge on any atom is -0.381 e. The molecular weight excluding hydrogens is 392 g/mol. The molecule has 3 aliphatic carbocycles. The predicted octanol–water partition coefficient (Wildman–Crippen LogP) is 3.24. The van der Waals surface area contributed by atoms with Crippen molar-refractivity contribution in [2.45, 2.75) is 76.8 Å². The number of Topliss-reactive ketones (excluding diaryl/α,β-unsaturated/α-hetero) is 1. The van der Waals surface area contributed by atoms with Gasteiger partial charge in [0.25, 0.3) is 0 Å². The van der Waals surface area contributed by atoms with E-state index in [-0.39, 0.29) is 47.8 Å². The molecule has 0 saturated heterocycles. The molecule has 3 fully saturated rings. The van der Waals surface area contributed by atoms with Crippen LogP contribution in [0.5, 0.6) is 0 Å². The summed E-state index contributed by atoms with van der Waals surface area (Å²) in [6.07, 6.45) is 4.71. The van der Waals surface area contributed by atoms with Crippen LogP contribution in [0.1, 0.15) is 59.8 Å². The Balaban J connectivity index is 2.26. The number of methoxy groups -OCH3 is 2. The molecule has 3 rings (SSSR count). The van der Waals surface area contributed by atoms with Crippen LogP contribution in [-0.4, -0.2) is 58.4 Å². The van der Waals surface area contributed by atoms with Gasteiger partial charge in [0.1, 0.15) is 11.5 Å². The highest BCUT2D eigenvalue weighted by atomic mass is 32.2. The summed E-state index contributed by atoms with van der Waals surface area (Å²) in [6.45, 7) is 8.12. The van der Waals surface area contributed by atoms with Crippen LogP contribution in [0, 0.1) is 28.6 Å². The molecule has 0 heterocycles. The van der Waals surface area contributed by atoms with E-state index in [9.17, 15) is 13.2 Å². The first-order valence-electron chi connectivity index (χ1n) is 10.8. The van der Waals surface area contributed by atoms with Crippen molar-refractivity contribution in [3.63, 3.8) is 0 Å². The van der Waals surface area contributed by atoms with Gasteiger partial charge >= 0.3 is 0 Å². The largest absolute Gasteiger partial charge is 0.381 e. The maximum Gasteiger partial charge on any atom is 0.160 e. The quantitative estimate of drug-likeness (QED) is 0.623. The van der Waals surface area contributed by atoms with Crippen LogP contribution in [0.3, 0.4) is 0 Å². The van der Waals surface area contributed by atoms with Crippen molar-refractivity contribution in [2.24, 2.45) is 28.6 Å². The number of hydrogen-bond donors (Lipinski definition) is 0. The number of ether oxygens (including phenoxy) is 3. The van der Waals surface area contributed by atoms with Crippen molar-refractivity contribution in [2.75, 3.05) is 27.3 Å². The molecule has 0 spiro atoms. The molecule has 0 radical (unpaired) electrons. The second-order valence-electron chi connectivity index (χ2n) is 10.2. The molecule has 0 aromatic rings. The number of sulfone groups is 1. The lowest BCUT2D eigenvalue weighted by molar-refractivity contribution is -0.211. The van der Waals surface area contributed by atoms with Crippen molar-refractivity contribution < 1.29 is 27.4 Å². The number of hydrogen-bond acceptors (Lipinski definition) is 6. The van der Waals surface area contributed by atoms with Crippen molar-refractivity contribution in [1.82, 2.24) is 0 Å². The van der Waals surface area contributed by atoms with Gasteiger partial charge in [-0.15, -0.1) is 0 Å². The van der Waals surface area contributed by atoms with Crippen LogP contribution in [0.4, 0.5) is 0 Å². The van der Waals surface area contributed by atoms with Crippen LogP contribution in [-0.2, 0) is 28.8 Å². The van der Waals surface area contributed by atoms with Gasteiger partial charge in [-0.3, -0.25) is 4.79 Å². The van der Waals surface area contributed by atoms with Gasteiger partial charge in [-0.05, 0) is 49.9 Å². The van der Waals surface area contributed by atoms with Crippen LogP contribution in [0.2, 0.25) is 0 Å². The number of ketones is 1. The van der Waals surface area contributed by atoms with Crippen LogP contribution in [0.15, 0.2) is 0 Å². The summed E-state index contributed by atoms with van der Waals surface area (Å²) in [5, 5.41) is 0. The van der Waals surface area contributed by atoms with E-state index in [1.54, 1.807) is 21.1 Å². The molecule has 0 aromatic carbocycles. The molecule has 29 heavy (non-hydrogen) atoms. The Labute approximate surface area is 176 Å². The molecule has 168 valence electrons. The smallest absolute Gasteiger partial charge is 0.160 e. The molecule has 8 atom stereocenters. The molecule has 2 bridgehead atoms. The summed E-state index contributed by atoms with van der Waals surface area (Å²) in [6, 6.07) is 0. The van der Waals surface area contributed by atoms with E-state index in [2.05, 4.69) is 13.8 Å². The lowest BCUT2D eigenvalue weighted by Gasteiger charge is -2.61. The Morgan fingerprint density at radius 2 is 1.72 bits per heavy atom. The van der Waals surface area contributed by atoms with E-state index in [4.69, 9.17) is 14.2 Å². The monoisotopic (exact) mass is 430 g/mol. The molecule has 6 nitrogen and oxygen atoms in total. The van der Waals surface area contributed by atoms with Gasteiger partial charge in [0.2, 0.25) is 0 Å². The highest BCUT2D eigenvalue weighted by Crippen LogP contribution is 2.68. The lowest BCUT2D eigenvalue weighted by atomic mass is 9.45. The number of carbonyl (C=O) groups is 1. The zero-order valence-electron chi connectivity index (χ0n) is 19.0. The van der Waals surface area contributed by atoms with Crippen LogP contribution >= 0.6 is 0 Å². The molecular formula is C22H38O6S. The Bertz CT molecular complexity index is 750. The summed E-state index contributed by atoms with van der Waals surface area (Å²) in [5.41, 5.74) is -0.561. The molecule has 7 heteroatoms. The van der Waals surface area contributed by atoms with Crippen LogP contribution in [0.25, 0.3) is 0 Å². The first-order valence-corrected chi connectivity index (χ1v) is 12.7. The van der Waals surface area contributed by atoms with Gasteiger partial charge in [-0.2, -0.15) is 0 Å². The average molecular weight is 431 g/mol. The first kappa shape index (κ1) is 23.2. The van der Waals surface area contributed by atoms with Gasteiger partial charge in [0.05, 0.1) is 12.2 Å². The standard InChI is InChI=1S/C22H38O6S/c1-14-8-10-22-11-9-16(27-6)18(22)21(14,4)17(28-13-26-5)12-20(3,29(7,24)25)19(23)15(22)2/h14-18H,8-13H2,1-7H3/t14-,15+,16-,17?,18?,20-,21+,22?/m1/s1. The van der Waals surface area contributed by atoms with E-state index in [0.29, 0.717) is 5.92 Å². The predicted molar refractivity (Wildman–Crippen MR) is 111 cm³/mol. The molecule has 0 N–H and O–H groups in total. The van der Waals surface area contributed by atoms with Gasteiger partial charge in [0.15, 0.2) is 15.6 Å². The van der Waals surface area contributed by atoms with Crippen molar-refractivity contribution in [3.05, 3.63) is 0 Å². The Kier molecular flexibility index (Phi) is 6.05. The highest BCUT2D eigenvalue weighted by Gasteiger charge is 2.69. The zero-order chi connectivity index (χ0) is 21.8. The van der Waals surface area contributed by atoms with Crippen LogP contribution < -0.4 is 0 Å². The van der Waals surface area contributed by atoms with Crippen molar-refractivity contribution in [3.8, 4) is 0 Å². The van der Waals surface area contributed by atoms with E-state index in [1.165, 1.54) is 6.26 Å². The Morgan fingerprint density at radius 3 is 2.28 bits per heavy atom. The van der Waals surface area contributed by atoms with E-state index >= 15 is 0 Å². The fourth-order valence-electron chi connectivity index (χ4n) is 7.10. The average Bonchev–Trinajstić information content (AvgIpc) is 3.06. The summed E-state index contributed by atoms with van der Waals surface area (Å²) >= 11 is 0. The fourth-order valence-corrected chi connectivity index (χ4v) is 8.09. The highest BCUT2D eigenvalue weighted by molar-refractivity contribution is 7.92.